The van der Waals surface area contributed by atoms with Crippen molar-refractivity contribution in [2.45, 2.75) is 32.0 Å². The number of ether oxygens (including phenoxy) is 1. The summed E-state index contributed by atoms with van der Waals surface area (Å²) in [6, 6.07) is 12.6. The standard InChI is InChI=1S/C23H22ClF2N3O4/c1-15(30)27-11-10-23(14-27)21(32)28(18-6-8-19(9-7-18)33-22(25)26)13-20(31)29(23)12-16-2-4-17(24)5-3-16/h2-9,22H,10-14H2,1H3/t23-/m1/s1. The van der Waals surface area contributed by atoms with E-state index in [1.807, 2.05) is 0 Å². The summed E-state index contributed by atoms with van der Waals surface area (Å²) < 4.78 is 29.3. The van der Waals surface area contributed by atoms with E-state index in [0.717, 1.165) is 5.56 Å². The van der Waals surface area contributed by atoms with E-state index in [9.17, 15) is 23.2 Å². The van der Waals surface area contributed by atoms with Crippen LogP contribution >= 0.6 is 11.6 Å². The van der Waals surface area contributed by atoms with Crippen LogP contribution in [0.5, 0.6) is 5.75 Å². The minimum absolute atomic E-state index is 0.0489. The van der Waals surface area contributed by atoms with Gasteiger partial charge in [-0.15, -0.1) is 0 Å². The van der Waals surface area contributed by atoms with Gasteiger partial charge in [-0.1, -0.05) is 23.7 Å². The fourth-order valence-electron chi connectivity index (χ4n) is 4.38. The SMILES string of the molecule is CC(=O)N1CC[C@@]2(C1)C(=O)N(c1ccc(OC(F)F)cc1)CC(=O)N2Cc1ccc(Cl)cc1. The first kappa shape index (κ1) is 23.0. The molecule has 2 aliphatic rings. The number of alkyl halides is 2. The lowest BCUT2D eigenvalue weighted by Crippen LogP contribution is -2.69. The third-order valence-corrected chi connectivity index (χ3v) is 6.33. The Bertz CT molecular complexity index is 1060. The maximum absolute atomic E-state index is 13.8. The Morgan fingerprint density at radius 1 is 1.12 bits per heavy atom. The van der Waals surface area contributed by atoms with E-state index in [-0.39, 0.29) is 43.1 Å². The molecule has 1 spiro atoms. The van der Waals surface area contributed by atoms with Crippen LogP contribution in [0.4, 0.5) is 14.5 Å². The lowest BCUT2D eigenvalue weighted by Gasteiger charge is -2.47. The lowest BCUT2D eigenvalue weighted by molar-refractivity contribution is -0.151. The van der Waals surface area contributed by atoms with Crippen molar-refractivity contribution < 1.29 is 27.9 Å². The van der Waals surface area contributed by atoms with Crippen LogP contribution in [0.2, 0.25) is 5.02 Å². The van der Waals surface area contributed by atoms with E-state index in [4.69, 9.17) is 11.6 Å². The normalized spacial score (nSPS) is 20.8. The predicted octanol–water partition coefficient (Wildman–Crippen LogP) is 3.31. The van der Waals surface area contributed by atoms with Gasteiger partial charge in [0.25, 0.3) is 5.91 Å². The zero-order valence-corrected chi connectivity index (χ0v) is 18.6. The number of nitrogens with zero attached hydrogens (tertiary/aromatic N) is 3. The van der Waals surface area contributed by atoms with Crippen molar-refractivity contribution in [2.24, 2.45) is 0 Å². The van der Waals surface area contributed by atoms with Crippen LogP contribution in [0.15, 0.2) is 48.5 Å². The number of piperazine rings is 1. The summed E-state index contributed by atoms with van der Waals surface area (Å²) in [5, 5.41) is 0.559. The quantitative estimate of drug-likeness (QED) is 0.662. The number of amides is 3. The van der Waals surface area contributed by atoms with Gasteiger partial charge in [0.05, 0.1) is 6.54 Å². The maximum Gasteiger partial charge on any atom is 0.387 e. The molecule has 0 saturated carbocycles. The molecule has 2 aromatic carbocycles. The van der Waals surface area contributed by atoms with Gasteiger partial charge < -0.3 is 19.4 Å². The summed E-state index contributed by atoms with van der Waals surface area (Å²) >= 11 is 5.97. The van der Waals surface area contributed by atoms with E-state index < -0.39 is 12.2 Å². The first-order valence-corrected chi connectivity index (χ1v) is 10.7. The summed E-state index contributed by atoms with van der Waals surface area (Å²) in [5.41, 5.74) is -0.0244. The van der Waals surface area contributed by atoms with Gasteiger partial charge in [-0.3, -0.25) is 14.4 Å². The van der Waals surface area contributed by atoms with E-state index >= 15 is 0 Å². The molecule has 0 aromatic heterocycles. The van der Waals surface area contributed by atoms with Crippen molar-refractivity contribution in [2.75, 3.05) is 24.5 Å². The molecular formula is C23H22ClF2N3O4. The number of halogens is 3. The number of carbonyl (C=O) groups is 3. The van der Waals surface area contributed by atoms with Gasteiger partial charge in [0.15, 0.2) is 0 Å². The molecule has 7 nitrogen and oxygen atoms in total. The van der Waals surface area contributed by atoms with Crippen molar-refractivity contribution in [3.8, 4) is 5.75 Å². The summed E-state index contributed by atoms with van der Waals surface area (Å²) in [4.78, 5) is 43.6. The Labute approximate surface area is 194 Å². The molecule has 2 aromatic rings. The van der Waals surface area contributed by atoms with Gasteiger partial charge in [-0.2, -0.15) is 8.78 Å². The average molecular weight is 478 g/mol. The number of hydrogen-bond donors (Lipinski definition) is 0. The molecule has 174 valence electrons. The number of rotatable bonds is 5. The second-order valence-corrected chi connectivity index (χ2v) is 8.53. The van der Waals surface area contributed by atoms with E-state index in [1.165, 1.54) is 36.1 Å². The second kappa shape index (κ2) is 8.97. The molecule has 2 fully saturated rings. The molecule has 1 atom stereocenters. The van der Waals surface area contributed by atoms with Crippen LogP contribution in [0.3, 0.4) is 0 Å². The number of benzene rings is 2. The predicted molar refractivity (Wildman–Crippen MR) is 117 cm³/mol. The van der Waals surface area contributed by atoms with Crippen LogP contribution in [0.25, 0.3) is 0 Å². The molecule has 2 saturated heterocycles. The molecule has 0 radical (unpaired) electrons. The molecule has 2 aliphatic heterocycles. The zero-order chi connectivity index (χ0) is 23.8. The Kier molecular flexibility index (Phi) is 6.25. The van der Waals surface area contributed by atoms with Crippen molar-refractivity contribution in [1.82, 2.24) is 9.80 Å². The minimum Gasteiger partial charge on any atom is -0.435 e. The second-order valence-electron chi connectivity index (χ2n) is 8.09. The molecule has 0 N–H and O–H groups in total. The van der Waals surface area contributed by atoms with E-state index in [0.29, 0.717) is 23.7 Å². The van der Waals surface area contributed by atoms with Crippen LogP contribution in [0.1, 0.15) is 18.9 Å². The third-order valence-electron chi connectivity index (χ3n) is 6.07. The van der Waals surface area contributed by atoms with Crippen molar-refractivity contribution in [1.29, 1.82) is 0 Å². The number of likely N-dealkylation sites (tertiary alicyclic amines) is 1. The fourth-order valence-corrected chi connectivity index (χ4v) is 4.51. The lowest BCUT2D eigenvalue weighted by atomic mass is 9.90. The molecule has 10 heteroatoms. The van der Waals surface area contributed by atoms with Crippen LogP contribution in [-0.4, -0.2) is 59.3 Å². The van der Waals surface area contributed by atoms with Crippen LogP contribution < -0.4 is 9.64 Å². The highest BCUT2D eigenvalue weighted by atomic mass is 35.5. The Balaban J connectivity index is 1.66. The van der Waals surface area contributed by atoms with Gasteiger partial charge in [0.2, 0.25) is 11.8 Å². The summed E-state index contributed by atoms with van der Waals surface area (Å²) in [5.74, 6) is -0.818. The molecule has 0 bridgehead atoms. The highest BCUT2D eigenvalue weighted by Gasteiger charge is 2.56. The molecule has 3 amide bonds. The van der Waals surface area contributed by atoms with E-state index in [2.05, 4.69) is 4.74 Å². The third kappa shape index (κ3) is 4.50. The minimum atomic E-state index is -2.96. The highest BCUT2D eigenvalue weighted by Crippen LogP contribution is 2.37. The van der Waals surface area contributed by atoms with E-state index in [1.54, 1.807) is 34.1 Å². The van der Waals surface area contributed by atoms with Crippen LogP contribution in [-0.2, 0) is 20.9 Å². The Morgan fingerprint density at radius 3 is 2.36 bits per heavy atom. The first-order chi connectivity index (χ1) is 15.7. The van der Waals surface area contributed by atoms with Crippen LogP contribution in [0, 0.1) is 0 Å². The van der Waals surface area contributed by atoms with Gasteiger partial charge in [0.1, 0.15) is 17.8 Å². The Hall–Kier alpha value is -3.20. The zero-order valence-electron chi connectivity index (χ0n) is 17.8. The monoisotopic (exact) mass is 477 g/mol. The molecule has 0 aliphatic carbocycles. The molecule has 33 heavy (non-hydrogen) atoms. The molecule has 0 unspecified atom stereocenters. The topological polar surface area (TPSA) is 70.2 Å². The first-order valence-electron chi connectivity index (χ1n) is 10.4. The average Bonchev–Trinajstić information content (AvgIpc) is 3.22. The van der Waals surface area contributed by atoms with Gasteiger partial charge in [-0.05, 0) is 48.4 Å². The van der Waals surface area contributed by atoms with Gasteiger partial charge in [-0.25, -0.2) is 0 Å². The highest BCUT2D eigenvalue weighted by molar-refractivity contribution is 6.30. The summed E-state index contributed by atoms with van der Waals surface area (Å²) in [6.45, 7) is -1.11. The fraction of sp³-hybridized carbons (Fsp3) is 0.348. The van der Waals surface area contributed by atoms with Gasteiger partial charge >= 0.3 is 6.61 Å². The molecule has 4 rings (SSSR count). The summed E-state index contributed by atoms with van der Waals surface area (Å²) in [6.07, 6.45) is 0.299. The maximum atomic E-state index is 13.8. The van der Waals surface area contributed by atoms with Crippen molar-refractivity contribution in [3.05, 3.63) is 59.1 Å². The van der Waals surface area contributed by atoms with Gasteiger partial charge in [0, 0.05) is 30.7 Å². The summed E-state index contributed by atoms with van der Waals surface area (Å²) in [7, 11) is 0. The Morgan fingerprint density at radius 2 is 1.79 bits per heavy atom. The number of anilines is 1. The van der Waals surface area contributed by atoms with Crippen molar-refractivity contribution in [3.63, 3.8) is 0 Å². The molecule has 2 heterocycles. The van der Waals surface area contributed by atoms with Crippen molar-refractivity contribution >= 4 is 35.0 Å². The molecular weight excluding hydrogens is 456 g/mol. The largest absolute Gasteiger partial charge is 0.435 e. The number of hydrogen-bond acceptors (Lipinski definition) is 4. The number of carbonyl (C=O) groups excluding carboxylic acids is 3. The smallest absolute Gasteiger partial charge is 0.387 e.